The lowest BCUT2D eigenvalue weighted by molar-refractivity contribution is -0.120. The van der Waals surface area contributed by atoms with Crippen LogP contribution < -0.4 is 20.7 Å². The van der Waals surface area contributed by atoms with E-state index in [1.165, 1.54) is 17.7 Å². The topological polar surface area (TPSA) is 74.8 Å². The molecule has 3 N–H and O–H groups in total. The van der Waals surface area contributed by atoms with E-state index in [2.05, 4.69) is 20.9 Å². The summed E-state index contributed by atoms with van der Waals surface area (Å²) in [5, 5.41) is 9.05. The number of nitrogens with one attached hydrogen (secondary N) is 3. The van der Waals surface area contributed by atoms with Gasteiger partial charge < -0.3 is 20.7 Å². The average molecular weight is 514 g/mol. The number of amides is 1. The van der Waals surface area contributed by atoms with Crippen LogP contribution in [0.2, 0.25) is 0 Å². The highest BCUT2D eigenvalue weighted by atomic mass is 127. The number of aliphatic imine (C=N–C) groups is 1. The summed E-state index contributed by atoms with van der Waals surface area (Å²) in [5.41, 5.74) is 1.84. The summed E-state index contributed by atoms with van der Waals surface area (Å²) in [6, 6.07) is 13.9. The van der Waals surface area contributed by atoms with Crippen molar-refractivity contribution >= 4 is 35.8 Å². The molecule has 0 saturated heterocycles. The lowest BCUT2D eigenvalue weighted by Gasteiger charge is -2.13. The van der Waals surface area contributed by atoms with E-state index in [9.17, 15) is 9.18 Å². The maximum absolute atomic E-state index is 13.1. The molecule has 0 fully saturated rings. The molecule has 0 atom stereocenters. The predicted molar refractivity (Wildman–Crippen MR) is 125 cm³/mol. The van der Waals surface area contributed by atoms with Gasteiger partial charge in [-0.2, -0.15) is 0 Å². The van der Waals surface area contributed by atoms with Gasteiger partial charge in [0.25, 0.3) is 0 Å². The fourth-order valence-electron chi connectivity index (χ4n) is 2.47. The van der Waals surface area contributed by atoms with Crippen molar-refractivity contribution in [1.29, 1.82) is 0 Å². The predicted octanol–water partition coefficient (Wildman–Crippen LogP) is 2.65. The number of hydrogen-bond donors (Lipinski definition) is 3. The summed E-state index contributed by atoms with van der Waals surface area (Å²) in [4.78, 5) is 16.0. The summed E-state index contributed by atoms with van der Waals surface area (Å²) < 4.78 is 18.8. The standard InChI is InChI=1S/C21H27FN4O2.HI/c1-16-6-8-19(9-7-16)28-13-12-26-21(23-2)25-11-10-24-20(27)15-17-4-3-5-18(22)14-17;/h3-9,14H,10-13,15H2,1-2H3,(H,24,27)(H2,23,25,26);1H. The van der Waals surface area contributed by atoms with Gasteiger partial charge in [0.05, 0.1) is 13.0 Å². The fourth-order valence-corrected chi connectivity index (χ4v) is 2.47. The van der Waals surface area contributed by atoms with Gasteiger partial charge in [-0.25, -0.2) is 4.39 Å². The summed E-state index contributed by atoms with van der Waals surface area (Å²) in [5.74, 6) is 0.971. The molecule has 0 aliphatic rings. The third-order valence-corrected chi connectivity index (χ3v) is 3.90. The molecule has 0 aliphatic carbocycles. The zero-order valence-corrected chi connectivity index (χ0v) is 19.0. The van der Waals surface area contributed by atoms with Crippen LogP contribution in [0.4, 0.5) is 4.39 Å². The first-order chi connectivity index (χ1) is 13.6. The van der Waals surface area contributed by atoms with Crippen LogP contribution in [0, 0.1) is 12.7 Å². The molecule has 0 spiro atoms. The number of hydrogen-bond acceptors (Lipinski definition) is 3. The Bertz CT molecular complexity index is 785. The van der Waals surface area contributed by atoms with Crippen molar-refractivity contribution in [3.05, 3.63) is 65.5 Å². The number of ether oxygens (including phenoxy) is 1. The van der Waals surface area contributed by atoms with Crippen LogP contribution in [-0.2, 0) is 11.2 Å². The Hall–Kier alpha value is -2.36. The Morgan fingerprint density at radius 1 is 1.03 bits per heavy atom. The van der Waals surface area contributed by atoms with Crippen molar-refractivity contribution < 1.29 is 13.9 Å². The SMILES string of the molecule is CN=C(NCCNC(=O)Cc1cccc(F)c1)NCCOc1ccc(C)cc1.I. The molecule has 6 nitrogen and oxygen atoms in total. The summed E-state index contributed by atoms with van der Waals surface area (Å²) in [6.07, 6.45) is 0.154. The van der Waals surface area contributed by atoms with Gasteiger partial charge in [-0.3, -0.25) is 9.79 Å². The van der Waals surface area contributed by atoms with E-state index < -0.39 is 0 Å². The Morgan fingerprint density at radius 3 is 2.41 bits per heavy atom. The molecule has 0 heterocycles. The zero-order chi connectivity index (χ0) is 20.2. The van der Waals surface area contributed by atoms with Gasteiger partial charge in [-0.1, -0.05) is 29.8 Å². The monoisotopic (exact) mass is 514 g/mol. The van der Waals surface area contributed by atoms with Crippen molar-refractivity contribution in [3.8, 4) is 5.75 Å². The highest BCUT2D eigenvalue weighted by Crippen LogP contribution is 2.10. The first kappa shape index (κ1) is 24.7. The molecule has 0 saturated carbocycles. The first-order valence-electron chi connectivity index (χ1n) is 9.22. The van der Waals surface area contributed by atoms with Crippen molar-refractivity contribution in [3.63, 3.8) is 0 Å². The number of rotatable bonds is 9. The van der Waals surface area contributed by atoms with Crippen LogP contribution in [-0.4, -0.2) is 45.2 Å². The summed E-state index contributed by atoms with van der Waals surface area (Å²) >= 11 is 0. The third-order valence-electron chi connectivity index (χ3n) is 3.90. The number of aryl methyl sites for hydroxylation is 1. The van der Waals surface area contributed by atoms with E-state index in [-0.39, 0.29) is 42.1 Å². The van der Waals surface area contributed by atoms with Crippen LogP contribution >= 0.6 is 24.0 Å². The lowest BCUT2D eigenvalue weighted by atomic mass is 10.1. The largest absolute Gasteiger partial charge is 0.492 e. The summed E-state index contributed by atoms with van der Waals surface area (Å²) in [6.45, 7) is 4.10. The van der Waals surface area contributed by atoms with E-state index in [0.29, 0.717) is 37.8 Å². The number of guanidine groups is 1. The molecule has 8 heteroatoms. The van der Waals surface area contributed by atoms with E-state index in [1.807, 2.05) is 31.2 Å². The smallest absolute Gasteiger partial charge is 0.224 e. The quantitative estimate of drug-likeness (QED) is 0.208. The van der Waals surface area contributed by atoms with Gasteiger partial charge in [0.1, 0.15) is 18.2 Å². The second kappa shape index (κ2) is 13.8. The van der Waals surface area contributed by atoms with Crippen molar-refractivity contribution in [2.45, 2.75) is 13.3 Å². The Morgan fingerprint density at radius 2 is 1.72 bits per heavy atom. The van der Waals surface area contributed by atoms with E-state index in [4.69, 9.17) is 4.74 Å². The summed E-state index contributed by atoms with van der Waals surface area (Å²) in [7, 11) is 1.68. The zero-order valence-electron chi connectivity index (χ0n) is 16.7. The maximum Gasteiger partial charge on any atom is 0.224 e. The van der Waals surface area contributed by atoms with Gasteiger partial charge >= 0.3 is 0 Å². The number of benzene rings is 2. The van der Waals surface area contributed by atoms with Crippen molar-refractivity contribution in [2.24, 2.45) is 4.99 Å². The van der Waals surface area contributed by atoms with Gasteiger partial charge in [-0.15, -0.1) is 24.0 Å². The van der Waals surface area contributed by atoms with E-state index in [1.54, 1.807) is 19.2 Å². The van der Waals surface area contributed by atoms with Gasteiger partial charge in [0, 0.05) is 20.1 Å². The Labute approximate surface area is 188 Å². The third kappa shape index (κ3) is 10.1. The maximum atomic E-state index is 13.1. The molecule has 0 aromatic heterocycles. The molecule has 1 amide bonds. The van der Waals surface area contributed by atoms with Crippen LogP contribution in [0.3, 0.4) is 0 Å². The highest BCUT2D eigenvalue weighted by molar-refractivity contribution is 14.0. The fraction of sp³-hybridized carbons (Fsp3) is 0.333. The minimum absolute atomic E-state index is 0. The minimum atomic E-state index is -0.340. The van der Waals surface area contributed by atoms with Gasteiger partial charge in [0.2, 0.25) is 5.91 Å². The second-order valence-electron chi connectivity index (χ2n) is 6.24. The molecule has 158 valence electrons. The van der Waals surface area contributed by atoms with E-state index in [0.717, 1.165) is 5.75 Å². The molecule has 0 radical (unpaired) electrons. The average Bonchev–Trinajstić information content (AvgIpc) is 2.68. The van der Waals surface area contributed by atoms with Gasteiger partial charge in [-0.05, 0) is 36.8 Å². The Kier molecular flexibility index (Phi) is 11.7. The van der Waals surface area contributed by atoms with Crippen molar-refractivity contribution in [1.82, 2.24) is 16.0 Å². The molecule has 29 heavy (non-hydrogen) atoms. The van der Waals surface area contributed by atoms with Gasteiger partial charge in [0.15, 0.2) is 5.96 Å². The van der Waals surface area contributed by atoms with Crippen molar-refractivity contribution in [2.75, 3.05) is 33.3 Å². The van der Waals surface area contributed by atoms with Crippen LogP contribution in [0.15, 0.2) is 53.5 Å². The number of halogens is 2. The molecule has 0 unspecified atom stereocenters. The van der Waals surface area contributed by atoms with Crippen LogP contribution in [0.1, 0.15) is 11.1 Å². The highest BCUT2D eigenvalue weighted by Gasteiger charge is 2.04. The second-order valence-corrected chi connectivity index (χ2v) is 6.24. The van der Waals surface area contributed by atoms with E-state index >= 15 is 0 Å². The first-order valence-corrected chi connectivity index (χ1v) is 9.22. The number of carbonyl (C=O) groups is 1. The van der Waals surface area contributed by atoms with Crippen LogP contribution in [0.25, 0.3) is 0 Å². The van der Waals surface area contributed by atoms with Crippen LogP contribution in [0.5, 0.6) is 5.75 Å². The minimum Gasteiger partial charge on any atom is -0.492 e. The molecular formula is C21H28FIN4O2. The molecular weight excluding hydrogens is 486 g/mol. The lowest BCUT2D eigenvalue weighted by Crippen LogP contribution is -2.42. The number of nitrogens with zero attached hydrogens (tertiary/aromatic N) is 1. The molecule has 0 bridgehead atoms. The number of carbonyl (C=O) groups excluding carboxylic acids is 1. The molecule has 0 aliphatic heterocycles. The molecule has 2 rings (SSSR count). The molecule has 2 aromatic carbocycles. The molecule has 2 aromatic rings. The normalized spacial score (nSPS) is 10.7. The Balaban J connectivity index is 0.00000420.